The van der Waals surface area contributed by atoms with Crippen molar-refractivity contribution in [2.24, 2.45) is 0 Å². The fraction of sp³-hybridized carbons (Fsp3) is 0.474. The normalized spacial score (nSPS) is 10.9. The summed E-state index contributed by atoms with van der Waals surface area (Å²) in [6, 6.07) is 10.0. The second-order valence-corrected chi connectivity index (χ2v) is 5.91. The van der Waals surface area contributed by atoms with Crippen molar-refractivity contribution < 1.29 is 0 Å². The number of nitrogens with zero attached hydrogens (tertiary/aromatic N) is 1. The molecular weight excluding hydrogens is 288 g/mol. The van der Waals surface area contributed by atoms with Gasteiger partial charge in [0.15, 0.2) is 0 Å². The van der Waals surface area contributed by atoms with Crippen LogP contribution in [0.1, 0.15) is 56.4 Å². The van der Waals surface area contributed by atoms with E-state index in [2.05, 4.69) is 11.9 Å². The molecule has 0 spiro atoms. The number of benzene rings is 1. The summed E-state index contributed by atoms with van der Waals surface area (Å²) in [5, 5.41) is 0. The minimum Gasteiger partial charge on any atom is -0.297 e. The molecule has 23 heavy (non-hydrogen) atoms. The standard InChI is InChI=1S/C19H26N2O2/c1-3-5-6-10-13-21-17(14-15-11-8-7-9-12-15)16(4-2)18(22)20-19(21)23/h7-9,11-12H,3-6,10,13-14H2,1-2H3,(H,20,22,23). The zero-order chi connectivity index (χ0) is 16.7. The molecular formula is C19H26N2O2. The smallest absolute Gasteiger partial charge is 0.297 e. The number of nitrogens with one attached hydrogen (secondary N) is 1. The summed E-state index contributed by atoms with van der Waals surface area (Å²) in [6.45, 7) is 4.80. The number of H-pyrrole nitrogens is 1. The second kappa shape index (κ2) is 8.51. The maximum absolute atomic E-state index is 12.3. The van der Waals surface area contributed by atoms with E-state index in [4.69, 9.17) is 0 Å². The van der Waals surface area contributed by atoms with Crippen LogP contribution in [0.3, 0.4) is 0 Å². The molecule has 0 aliphatic carbocycles. The molecule has 0 saturated heterocycles. The van der Waals surface area contributed by atoms with Crippen molar-refractivity contribution in [3.8, 4) is 0 Å². The van der Waals surface area contributed by atoms with Crippen LogP contribution >= 0.6 is 0 Å². The van der Waals surface area contributed by atoms with Crippen LogP contribution in [0.25, 0.3) is 0 Å². The number of rotatable bonds is 8. The highest BCUT2D eigenvalue weighted by molar-refractivity contribution is 5.27. The molecule has 0 saturated carbocycles. The Hall–Kier alpha value is -2.10. The van der Waals surface area contributed by atoms with E-state index in [-0.39, 0.29) is 11.2 Å². The molecule has 4 nitrogen and oxygen atoms in total. The van der Waals surface area contributed by atoms with Gasteiger partial charge in [-0.05, 0) is 18.4 Å². The van der Waals surface area contributed by atoms with E-state index in [1.54, 1.807) is 4.57 Å². The van der Waals surface area contributed by atoms with Gasteiger partial charge in [-0.25, -0.2) is 4.79 Å². The molecule has 1 aromatic carbocycles. The molecule has 1 N–H and O–H groups in total. The number of aromatic nitrogens is 2. The number of aromatic amines is 1. The summed E-state index contributed by atoms with van der Waals surface area (Å²) in [7, 11) is 0. The predicted molar refractivity (Wildman–Crippen MR) is 94.1 cm³/mol. The van der Waals surface area contributed by atoms with Gasteiger partial charge in [0.2, 0.25) is 0 Å². The van der Waals surface area contributed by atoms with E-state index in [1.807, 2.05) is 37.3 Å². The van der Waals surface area contributed by atoms with Crippen molar-refractivity contribution in [1.29, 1.82) is 0 Å². The van der Waals surface area contributed by atoms with Gasteiger partial charge in [-0.15, -0.1) is 0 Å². The Morgan fingerprint density at radius 2 is 1.74 bits per heavy atom. The van der Waals surface area contributed by atoms with Gasteiger partial charge < -0.3 is 0 Å². The van der Waals surface area contributed by atoms with Gasteiger partial charge in [0.1, 0.15) is 0 Å². The first-order valence-electron chi connectivity index (χ1n) is 8.56. The van der Waals surface area contributed by atoms with Gasteiger partial charge in [0.25, 0.3) is 5.56 Å². The Kier molecular flexibility index (Phi) is 6.39. The average molecular weight is 314 g/mol. The van der Waals surface area contributed by atoms with Gasteiger partial charge in [-0.2, -0.15) is 0 Å². The van der Waals surface area contributed by atoms with Crippen molar-refractivity contribution in [3.05, 3.63) is 68.0 Å². The molecule has 0 fully saturated rings. The van der Waals surface area contributed by atoms with Crippen LogP contribution in [0.5, 0.6) is 0 Å². The minimum absolute atomic E-state index is 0.242. The molecule has 0 aliphatic rings. The van der Waals surface area contributed by atoms with E-state index in [9.17, 15) is 9.59 Å². The summed E-state index contributed by atoms with van der Waals surface area (Å²) in [5.74, 6) is 0. The third-order valence-corrected chi connectivity index (χ3v) is 4.22. The summed E-state index contributed by atoms with van der Waals surface area (Å²) in [4.78, 5) is 26.9. The van der Waals surface area contributed by atoms with E-state index in [0.29, 0.717) is 19.4 Å². The van der Waals surface area contributed by atoms with E-state index >= 15 is 0 Å². The zero-order valence-electron chi connectivity index (χ0n) is 14.1. The molecule has 0 bridgehead atoms. The van der Waals surface area contributed by atoms with Crippen molar-refractivity contribution in [2.45, 2.75) is 58.9 Å². The summed E-state index contributed by atoms with van der Waals surface area (Å²) < 4.78 is 1.77. The highest BCUT2D eigenvalue weighted by Gasteiger charge is 2.13. The Morgan fingerprint density at radius 3 is 2.39 bits per heavy atom. The van der Waals surface area contributed by atoms with Crippen LogP contribution in [0.4, 0.5) is 0 Å². The molecule has 124 valence electrons. The van der Waals surface area contributed by atoms with Crippen LogP contribution in [0.2, 0.25) is 0 Å². The van der Waals surface area contributed by atoms with Gasteiger partial charge >= 0.3 is 5.69 Å². The van der Waals surface area contributed by atoms with Crippen LogP contribution < -0.4 is 11.2 Å². The van der Waals surface area contributed by atoms with Crippen molar-refractivity contribution in [3.63, 3.8) is 0 Å². The highest BCUT2D eigenvalue weighted by atomic mass is 16.2. The van der Waals surface area contributed by atoms with Crippen molar-refractivity contribution >= 4 is 0 Å². The molecule has 4 heteroatoms. The molecule has 1 aromatic heterocycles. The first-order valence-corrected chi connectivity index (χ1v) is 8.56. The Labute approximate surface area is 137 Å². The Morgan fingerprint density at radius 1 is 1.00 bits per heavy atom. The van der Waals surface area contributed by atoms with Crippen molar-refractivity contribution in [2.75, 3.05) is 0 Å². The first-order chi connectivity index (χ1) is 11.2. The van der Waals surface area contributed by atoms with Gasteiger partial charge in [0.05, 0.1) is 0 Å². The molecule has 2 rings (SSSR count). The van der Waals surface area contributed by atoms with Gasteiger partial charge in [-0.1, -0.05) is 63.4 Å². The second-order valence-electron chi connectivity index (χ2n) is 5.91. The zero-order valence-corrected chi connectivity index (χ0v) is 14.1. The van der Waals surface area contributed by atoms with E-state index in [1.165, 1.54) is 6.42 Å². The van der Waals surface area contributed by atoms with E-state index in [0.717, 1.165) is 36.1 Å². The third kappa shape index (κ3) is 4.44. The molecule has 0 aliphatic heterocycles. The van der Waals surface area contributed by atoms with E-state index < -0.39 is 0 Å². The largest absolute Gasteiger partial charge is 0.328 e. The first kappa shape index (κ1) is 17.3. The van der Waals surface area contributed by atoms with Gasteiger partial charge in [-0.3, -0.25) is 14.3 Å². The monoisotopic (exact) mass is 314 g/mol. The molecule has 0 atom stereocenters. The van der Waals surface area contributed by atoms with Crippen LogP contribution in [-0.2, 0) is 19.4 Å². The van der Waals surface area contributed by atoms with Crippen LogP contribution in [0.15, 0.2) is 39.9 Å². The fourth-order valence-corrected chi connectivity index (χ4v) is 2.95. The summed E-state index contributed by atoms with van der Waals surface area (Å²) >= 11 is 0. The number of unbranched alkanes of at least 4 members (excludes halogenated alkanes) is 3. The summed E-state index contributed by atoms with van der Waals surface area (Å²) in [5.41, 5.74) is 2.19. The third-order valence-electron chi connectivity index (χ3n) is 4.22. The topological polar surface area (TPSA) is 54.9 Å². The molecule has 2 aromatic rings. The minimum atomic E-state index is -0.283. The Bertz CT molecular complexity index is 729. The average Bonchev–Trinajstić information content (AvgIpc) is 2.55. The lowest BCUT2D eigenvalue weighted by Gasteiger charge is -2.16. The lowest BCUT2D eigenvalue weighted by atomic mass is 10.0. The maximum atomic E-state index is 12.3. The molecule has 0 radical (unpaired) electrons. The van der Waals surface area contributed by atoms with Crippen LogP contribution in [-0.4, -0.2) is 9.55 Å². The quantitative estimate of drug-likeness (QED) is 0.760. The fourth-order valence-electron chi connectivity index (χ4n) is 2.95. The molecule has 1 heterocycles. The number of hydrogen-bond acceptors (Lipinski definition) is 2. The maximum Gasteiger partial charge on any atom is 0.328 e. The van der Waals surface area contributed by atoms with Crippen LogP contribution in [0, 0.1) is 0 Å². The lowest BCUT2D eigenvalue weighted by Crippen LogP contribution is -2.35. The predicted octanol–water partition coefficient (Wildman–Crippen LogP) is 3.27. The highest BCUT2D eigenvalue weighted by Crippen LogP contribution is 2.12. The molecule has 0 unspecified atom stereocenters. The molecule has 0 amide bonds. The SMILES string of the molecule is CCCCCCn1c(Cc2ccccc2)c(CC)c(=O)[nH]c1=O. The number of hydrogen-bond donors (Lipinski definition) is 1. The summed E-state index contributed by atoms with van der Waals surface area (Å²) in [6.07, 6.45) is 5.66. The Balaban J connectivity index is 2.38. The van der Waals surface area contributed by atoms with Gasteiger partial charge in [0, 0.05) is 24.2 Å². The van der Waals surface area contributed by atoms with Crippen molar-refractivity contribution in [1.82, 2.24) is 9.55 Å². The lowest BCUT2D eigenvalue weighted by molar-refractivity contribution is 0.541.